The Labute approximate surface area is 136 Å². The first kappa shape index (κ1) is 16.0. The molecule has 0 radical (unpaired) electrons. The molecule has 122 valence electrons. The minimum atomic E-state index is -3.52. The summed E-state index contributed by atoms with van der Waals surface area (Å²) < 4.78 is 27.0. The second-order valence-electron chi connectivity index (χ2n) is 5.93. The summed E-state index contributed by atoms with van der Waals surface area (Å²) in [5.41, 5.74) is 0. The maximum absolute atomic E-state index is 12.7. The molecule has 0 spiro atoms. The summed E-state index contributed by atoms with van der Waals surface area (Å²) in [6, 6.07) is 1.59. The van der Waals surface area contributed by atoms with Crippen molar-refractivity contribution in [3.8, 4) is 0 Å². The molecule has 3 rings (SSSR count). The van der Waals surface area contributed by atoms with Crippen molar-refractivity contribution in [2.45, 2.75) is 43.4 Å². The number of hydrogen-bond acceptors (Lipinski definition) is 4. The molecular formula is C15H22N2O3S2. The Kier molecular flexibility index (Phi) is 4.84. The Morgan fingerprint density at radius 1 is 0.955 bits per heavy atom. The van der Waals surface area contributed by atoms with E-state index < -0.39 is 10.0 Å². The first-order valence-electron chi connectivity index (χ1n) is 7.97. The molecular weight excluding hydrogens is 320 g/mol. The van der Waals surface area contributed by atoms with Gasteiger partial charge in [0.1, 0.15) is 9.77 Å². The summed E-state index contributed by atoms with van der Waals surface area (Å²) in [7, 11) is -3.52. The van der Waals surface area contributed by atoms with Crippen LogP contribution < -0.4 is 0 Å². The lowest BCUT2D eigenvalue weighted by atomic mass is 10.2. The molecule has 0 bridgehead atoms. The van der Waals surface area contributed by atoms with Crippen molar-refractivity contribution >= 4 is 27.3 Å². The third kappa shape index (κ3) is 3.07. The molecule has 0 unspecified atom stereocenters. The van der Waals surface area contributed by atoms with Crippen LogP contribution in [0.25, 0.3) is 0 Å². The molecule has 0 saturated carbocycles. The van der Waals surface area contributed by atoms with Gasteiger partial charge in [0.2, 0.25) is 10.0 Å². The Morgan fingerprint density at radius 2 is 1.55 bits per heavy atom. The normalized spacial score (nSPS) is 21.0. The number of thiophene rings is 1. The maximum Gasteiger partial charge on any atom is 0.265 e. The maximum atomic E-state index is 12.7. The molecule has 2 saturated heterocycles. The lowest BCUT2D eigenvalue weighted by Crippen LogP contribution is -2.34. The van der Waals surface area contributed by atoms with Gasteiger partial charge in [0, 0.05) is 26.2 Å². The number of carbonyl (C=O) groups is 1. The second kappa shape index (κ2) is 6.68. The average Bonchev–Trinajstić information content (AvgIpc) is 3.14. The van der Waals surface area contributed by atoms with Crippen molar-refractivity contribution in [1.82, 2.24) is 9.21 Å². The highest BCUT2D eigenvalue weighted by Crippen LogP contribution is 2.29. The van der Waals surface area contributed by atoms with Gasteiger partial charge in [-0.25, -0.2) is 8.42 Å². The van der Waals surface area contributed by atoms with Crippen molar-refractivity contribution in [1.29, 1.82) is 0 Å². The number of sulfonamides is 1. The first-order chi connectivity index (χ1) is 10.6. The number of amides is 1. The van der Waals surface area contributed by atoms with E-state index in [0.717, 1.165) is 51.6 Å². The van der Waals surface area contributed by atoms with Gasteiger partial charge in [-0.15, -0.1) is 11.3 Å². The fourth-order valence-corrected chi connectivity index (χ4v) is 6.02. The molecule has 1 aromatic heterocycles. The van der Waals surface area contributed by atoms with Gasteiger partial charge in [-0.2, -0.15) is 4.31 Å². The minimum absolute atomic E-state index is 0.116. The molecule has 2 aliphatic heterocycles. The third-order valence-electron chi connectivity index (χ3n) is 4.40. The highest BCUT2D eigenvalue weighted by Gasteiger charge is 2.33. The van der Waals surface area contributed by atoms with Crippen molar-refractivity contribution in [2.75, 3.05) is 26.2 Å². The predicted octanol–water partition coefficient (Wildman–Crippen LogP) is 2.55. The molecule has 3 heterocycles. The summed E-state index contributed by atoms with van der Waals surface area (Å²) in [4.78, 5) is 15.2. The van der Waals surface area contributed by atoms with Gasteiger partial charge in [0.05, 0.1) is 0 Å². The van der Waals surface area contributed by atoms with Crippen LogP contribution in [0.4, 0.5) is 0 Å². The molecule has 7 heteroatoms. The zero-order valence-corrected chi connectivity index (χ0v) is 14.3. The molecule has 2 fully saturated rings. The molecule has 0 atom stereocenters. The summed E-state index contributed by atoms with van der Waals surface area (Å²) >= 11 is 1.25. The Morgan fingerprint density at radius 3 is 2.18 bits per heavy atom. The topological polar surface area (TPSA) is 57.7 Å². The smallest absolute Gasteiger partial charge is 0.265 e. The van der Waals surface area contributed by atoms with Crippen LogP contribution in [-0.2, 0) is 10.0 Å². The average molecular weight is 342 g/mol. The largest absolute Gasteiger partial charge is 0.338 e. The van der Waals surface area contributed by atoms with Crippen molar-refractivity contribution < 1.29 is 13.2 Å². The number of rotatable bonds is 3. The lowest BCUT2D eigenvalue weighted by molar-refractivity contribution is 0.0763. The van der Waals surface area contributed by atoms with E-state index in [2.05, 4.69) is 0 Å². The molecule has 5 nitrogen and oxygen atoms in total. The Balaban J connectivity index is 1.86. The van der Waals surface area contributed by atoms with Crippen LogP contribution >= 0.6 is 11.3 Å². The molecule has 2 aliphatic rings. The van der Waals surface area contributed by atoms with Gasteiger partial charge in [0.15, 0.2) is 0 Å². The van der Waals surface area contributed by atoms with Gasteiger partial charge >= 0.3 is 0 Å². The van der Waals surface area contributed by atoms with Crippen LogP contribution in [0.5, 0.6) is 0 Å². The minimum Gasteiger partial charge on any atom is -0.338 e. The zero-order chi connectivity index (χ0) is 15.6. The molecule has 22 heavy (non-hydrogen) atoms. The van der Waals surface area contributed by atoms with Crippen LogP contribution in [0.3, 0.4) is 0 Å². The number of carbonyl (C=O) groups excluding carboxylic acids is 1. The summed E-state index contributed by atoms with van der Waals surface area (Å²) in [5, 5.41) is 1.72. The van der Waals surface area contributed by atoms with Crippen LogP contribution in [0.1, 0.15) is 48.2 Å². The van der Waals surface area contributed by atoms with E-state index in [-0.39, 0.29) is 10.8 Å². The summed E-state index contributed by atoms with van der Waals surface area (Å²) in [6.45, 7) is 2.60. The fraction of sp³-hybridized carbons (Fsp3) is 0.667. The Hall–Kier alpha value is -0.920. The number of nitrogens with zero attached hydrogens (tertiary/aromatic N) is 2. The van der Waals surface area contributed by atoms with Gasteiger partial charge in [-0.1, -0.05) is 12.8 Å². The van der Waals surface area contributed by atoms with Gasteiger partial charge < -0.3 is 4.90 Å². The molecule has 1 amide bonds. The molecule has 1 aromatic rings. The predicted molar refractivity (Wildman–Crippen MR) is 86.7 cm³/mol. The van der Waals surface area contributed by atoms with Gasteiger partial charge in [-0.05, 0) is 37.1 Å². The van der Waals surface area contributed by atoms with Crippen LogP contribution in [0.15, 0.2) is 16.3 Å². The number of hydrogen-bond donors (Lipinski definition) is 0. The standard InChI is InChI=1S/C15H22N2O3S2/c18-15(16-8-3-1-2-4-9-16)14-13(7-12-21-14)22(19,20)17-10-5-6-11-17/h7,12H,1-6,8-11H2. The van der Waals surface area contributed by atoms with Crippen LogP contribution in [0.2, 0.25) is 0 Å². The van der Waals surface area contributed by atoms with E-state index in [9.17, 15) is 13.2 Å². The summed E-state index contributed by atoms with van der Waals surface area (Å²) in [6.07, 6.45) is 6.11. The van der Waals surface area contributed by atoms with E-state index in [4.69, 9.17) is 0 Å². The summed E-state index contributed by atoms with van der Waals surface area (Å²) in [5.74, 6) is -0.116. The van der Waals surface area contributed by atoms with Gasteiger partial charge in [-0.3, -0.25) is 4.79 Å². The van der Waals surface area contributed by atoms with E-state index in [1.165, 1.54) is 15.6 Å². The zero-order valence-electron chi connectivity index (χ0n) is 12.7. The van der Waals surface area contributed by atoms with E-state index in [0.29, 0.717) is 18.0 Å². The van der Waals surface area contributed by atoms with Crippen LogP contribution in [0, 0.1) is 0 Å². The van der Waals surface area contributed by atoms with E-state index >= 15 is 0 Å². The van der Waals surface area contributed by atoms with Gasteiger partial charge in [0.25, 0.3) is 5.91 Å². The van der Waals surface area contributed by atoms with E-state index in [1.807, 2.05) is 4.90 Å². The monoisotopic (exact) mass is 342 g/mol. The Bertz CT molecular complexity index is 625. The third-order valence-corrected chi connectivity index (χ3v) is 7.37. The molecule has 0 aromatic carbocycles. The second-order valence-corrected chi connectivity index (χ2v) is 8.75. The first-order valence-corrected chi connectivity index (χ1v) is 10.3. The van der Waals surface area contributed by atoms with Crippen LogP contribution in [-0.4, -0.2) is 49.7 Å². The quantitative estimate of drug-likeness (QED) is 0.848. The molecule has 0 aliphatic carbocycles. The van der Waals surface area contributed by atoms with Crippen molar-refractivity contribution in [3.05, 3.63) is 16.3 Å². The highest BCUT2D eigenvalue weighted by atomic mass is 32.2. The number of likely N-dealkylation sites (tertiary alicyclic amines) is 1. The fourth-order valence-electron chi connectivity index (χ4n) is 3.14. The molecule has 0 N–H and O–H groups in total. The van der Waals surface area contributed by atoms with Crippen molar-refractivity contribution in [3.63, 3.8) is 0 Å². The van der Waals surface area contributed by atoms with Crippen molar-refractivity contribution in [2.24, 2.45) is 0 Å². The lowest BCUT2D eigenvalue weighted by Gasteiger charge is -2.21. The SMILES string of the molecule is O=C(c1sccc1S(=O)(=O)N1CCCC1)N1CCCCCC1. The van der Waals surface area contributed by atoms with E-state index in [1.54, 1.807) is 11.4 Å². The highest BCUT2D eigenvalue weighted by molar-refractivity contribution is 7.89.